The fourth-order valence-electron chi connectivity index (χ4n) is 10.2. The van der Waals surface area contributed by atoms with E-state index in [0.29, 0.717) is 19.3 Å². The van der Waals surface area contributed by atoms with E-state index in [1.54, 1.807) is 0 Å². The predicted molar refractivity (Wildman–Crippen MR) is 312 cm³/mol. The quantitative estimate of drug-likeness (QED) is 0.0343. The first-order valence-electron chi connectivity index (χ1n) is 32.6. The fourth-order valence-corrected chi connectivity index (χ4v) is 10.2. The molecular formula is C66H128O6. The van der Waals surface area contributed by atoms with Crippen LogP contribution in [0.15, 0.2) is 0 Å². The monoisotopic (exact) mass is 1020 g/mol. The number of carbonyl (C=O) groups excluding carboxylic acids is 3. The highest BCUT2D eigenvalue weighted by molar-refractivity contribution is 5.71. The molecule has 0 amide bonds. The van der Waals surface area contributed by atoms with Gasteiger partial charge in [-0.3, -0.25) is 14.4 Å². The standard InChI is InChI=1S/C66H128O6/c1-7-62(6)54-48-42-36-30-24-18-13-15-20-26-32-38-44-50-56-65(68)71-59-63(72-66(69)57-51-45-39-33-27-21-14-12-17-23-29-35-41-47-53-61(4)5)58-70-64(67)55-49-43-37-31-25-19-11-9-8-10-16-22-28-34-40-46-52-60(2)3/h60-63H,7-59H2,1-6H3/t62?,63-/m0/s1. The van der Waals surface area contributed by atoms with Gasteiger partial charge < -0.3 is 14.2 Å². The van der Waals surface area contributed by atoms with Gasteiger partial charge >= 0.3 is 17.9 Å². The summed E-state index contributed by atoms with van der Waals surface area (Å²) >= 11 is 0. The van der Waals surface area contributed by atoms with Gasteiger partial charge in [-0.15, -0.1) is 0 Å². The van der Waals surface area contributed by atoms with Gasteiger partial charge in [0.2, 0.25) is 0 Å². The first-order chi connectivity index (χ1) is 35.1. The number of esters is 3. The van der Waals surface area contributed by atoms with Crippen LogP contribution in [0.3, 0.4) is 0 Å². The Morgan fingerprint density at radius 3 is 0.722 bits per heavy atom. The number of carbonyl (C=O) groups is 3. The zero-order valence-electron chi connectivity index (χ0n) is 49.7. The van der Waals surface area contributed by atoms with Gasteiger partial charge in [-0.25, -0.2) is 0 Å². The molecule has 0 heterocycles. The first kappa shape index (κ1) is 70.4. The van der Waals surface area contributed by atoms with Crippen molar-refractivity contribution in [2.24, 2.45) is 17.8 Å². The Balaban J connectivity index is 4.29. The lowest BCUT2D eigenvalue weighted by Crippen LogP contribution is -2.30. The van der Waals surface area contributed by atoms with Crippen molar-refractivity contribution in [2.75, 3.05) is 13.2 Å². The topological polar surface area (TPSA) is 78.9 Å². The minimum absolute atomic E-state index is 0.0624. The molecule has 0 bridgehead atoms. The molecule has 0 fully saturated rings. The van der Waals surface area contributed by atoms with Gasteiger partial charge in [-0.1, -0.05) is 330 Å². The molecule has 6 heteroatoms. The highest BCUT2D eigenvalue weighted by atomic mass is 16.6. The van der Waals surface area contributed by atoms with Gasteiger partial charge in [0, 0.05) is 19.3 Å². The molecule has 0 aromatic rings. The summed E-state index contributed by atoms with van der Waals surface area (Å²) in [7, 11) is 0. The normalized spacial score (nSPS) is 12.5. The molecule has 72 heavy (non-hydrogen) atoms. The number of unbranched alkanes of at least 4 members (excludes halogenated alkanes) is 41. The Bertz CT molecular complexity index is 1120. The van der Waals surface area contributed by atoms with Crippen molar-refractivity contribution in [3.05, 3.63) is 0 Å². The molecule has 0 saturated carbocycles. The summed E-state index contributed by atoms with van der Waals surface area (Å²) in [5.41, 5.74) is 0. The molecule has 0 aromatic carbocycles. The number of ether oxygens (including phenoxy) is 3. The van der Waals surface area contributed by atoms with Crippen LogP contribution in [0.25, 0.3) is 0 Å². The predicted octanol–water partition coefficient (Wildman–Crippen LogP) is 21.8. The zero-order valence-corrected chi connectivity index (χ0v) is 49.7. The van der Waals surface area contributed by atoms with E-state index in [4.69, 9.17) is 14.2 Å². The van der Waals surface area contributed by atoms with Gasteiger partial charge in [-0.2, -0.15) is 0 Å². The van der Waals surface area contributed by atoms with Crippen molar-refractivity contribution in [2.45, 2.75) is 375 Å². The Labute approximate surface area is 450 Å². The van der Waals surface area contributed by atoms with Crippen LogP contribution in [0, 0.1) is 17.8 Å². The van der Waals surface area contributed by atoms with Gasteiger partial charge in [0.25, 0.3) is 0 Å². The van der Waals surface area contributed by atoms with Crippen molar-refractivity contribution >= 4 is 17.9 Å². The maximum absolute atomic E-state index is 12.9. The van der Waals surface area contributed by atoms with Crippen molar-refractivity contribution in [3.8, 4) is 0 Å². The number of hydrogen-bond donors (Lipinski definition) is 0. The molecule has 0 radical (unpaired) electrons. The van der Waals surface area contributed by atoms with Crippen LogP contribution < -0.4 is 0 Å². The Hall–Kier alpha value is -1.59. The second-order valence-electron chi connectivity index (χ2n) is 24.0. The summed E-state index contributed by atoms with van der Waals surface area (Å²) in [5, 5.41) is 0. The van der Waals surface area contributed by atoms with E-state index in [9.17, 15) is 14.4 Å². The van der Waals surface area contributed by atoms with Crippen molar-refractivity contribution in [1.29, 1.82) is 0 Å². The Morgan fingerprint density at radius 1 is 0.278 bits per heavy atom. The summed E-state index contributed by atoms with van der Waals surface area (Å²) in [4.78, 5) is 38.4. The summed E-state index contributed by atoms with van der Waals surface area (Å²) in [6, 6.07) is 0. The van der Waals surface area contributed by atoms with Crippen LogP contribution in [0.1, 0.15) is 369 Å². The largest absolute Gasteiger partial charge is 0.462 e. The van der Waals surface area contributed by atoms with Crippen LogP contribution >= 0.6 is 0 Å². The second-order valence-corrected chi connectivity index (χ2v) is 24.0. The minimum atomic E-state index is -0.765. The van der Waals surface area contributed by atoms with E-state index >= 15 is 0 Å². The fraction of sp³-hybridized carbons (Fsp3) is 0.955. The van der Waals surface area contributed by atoms with Crippen LogP contribution in [0.2, 0.25) is 0 Å². The van der Waals surface area contributed by atoms with E-state index < -0.39 is 6.10 Å². The summed E-state index contributed by atoms with van der Waals surface area (Å²) in [6.45, 7) is 13.9. The molecule has 0 aliphatic carbocycles. The van der Waals surface area contributed by atoms with E-state index in [1.807, 2.05) is 0 Å². The first-order valence-corrected chi connectivity index (χ1v) is 32.6. The minimum Gasteiger partial charge on any atom is -0.462 e. The molecule has 0 aliphatic heterocycles. The van der Waals surface area contributed by atoms with Crippen molar-refractivity contribution in [3.63, 3.8) is 0 Å². The SMILES string of the molecule is CCC(C)CCCCCCCCCCCCCCCCC(=O)OC[C@H](COC(=O)CCCCCCCCCCCCCCCCCCC(C)C)OC(=O)CCCCCCCCCCCCCCCCC(C)C. The zero-order chi connectivity index (χ0) is 52.6. The lowest BCUT2D eigenvalue weighted by molar-refractivity contribution is -0.167. The molecule has 0 saturated heterocycles. The maximum Gasteiger partial charge on any atom is 0.306 e. The average molecular weight is 1020 g/mol. The molecule has 0 N–H and O–H groups in total. The van der Waals surface area contributed by atoms with E-state index in [2.05, 4.69) is 41.5 Å². The van der Waals surface area contributed by atoms with Gasteiger partial charge in [0.15, 0.2) is 6.10 Å². The molecule has 0 spiro atoms. The Kier molecular flexibility index (Phi) is 55.9. The third kappa shape index (κ3) is 57.7. The molecule has 0 aromatic heterocycles. The van der Waals surface area contributed by atoms with Gasteiger partial charge in [-0.05, 0) is 37.0 Å². The highest BCUT2D eigenvalue weighted by Crippen LogP contribution is 2.20. The Morgan fingerprint density at radius 2 is 0.486 bits per heavy atom. The van der Waals surface area contributed by atoms with Crippen LogP contribution in [0.4, 0.5) is 0 Å². The van der Waals surface area contributed by atoms with E-state index in [1.165, 1.54) is 250 Å². The molecule has 2 atom stereocenters. The molecule has 0 rings (SSSR count). The van der Waals surface area contributed by atoms with Crippen molar-refractivity contribution < 1.29 is 28.6 Å². The molecule has 428 valence electrons. The van der Waals surface area contributed by atoms with Crippen LogP contribution in [-0.4, -0.2) is 37.2 Å². The lowest BCUT2D eigenvalue weighted by atomic mass is 9.99. The van der Waals surface area contributed by atoms with E-state index in [0.717, 1.165) is 75.5 Å². The maximum atomic E-state index is 12.9. The third-order valence-corrected chi connectivity index (χ3v) is 15.5. The molecule has 1 unspecified atom stereocenters. The smallest absolute Gasteiger partial charge is 0.306 e. The molecular weight excluding hydrogens is 889 g/mol. The molecule has 0 aliphatic rings. The van der Waals surface area contributed by atoms with Gasteiger partial charge in [0.05, 0.1) is 0 Å². The third-order valence-electron chi connectivity index (χ3n) is 15.5. The second kappa shape index (κ2) is 57.1. The van der Waals surface area contributed by atoms with Crippen molar-refractivity contribution in [1.82, 2.24) is 0 Å². The molecule has 6 nitrogen and oxygen atoms in total. The summed E-state index contributed by atoms with van der Waals surface area (Å²) < 4.78 is 17.0. The number of hydrogen-bond acceptors (Lipinski definition) is 6. The summed E-state index contributed by atoms with van der Waals surface area (Å²) in [6.07, 6.45) is 62.4. The van der Waals surface area contributed by atoms with Crippen LogP contribution in [-0.2, 0) is 28.6 Å². The number of rotatable bonds is 59. The van der Waals surface area contributed by atoms with Gasteiger partial charge in [0.1, 0.15) is 13.2 Å². The lowest BCUT2D eigenvalue weighted by Gasteiger charge is -2.18. The van der Waals surface area contributed by atoms with E-state index in [-0.39, 0.29) is 31.1 Å². The average Bonchev–Trinajstić information content (AvgIpc) is 3.36. The summed E-state index contributed by atoms with van der Waals surface area (Å²) in [5.74, 6) is 1.76. The van der Waals surface area contributed by atoms with Crippen LogP contribution in [0.5, 0.6) is 0 Å². The highest BCUT2D eigenvalue weighted by Gasteiger charge is 2.19.